The van der Waals surface area contributed by atoms with Crippen molar-refractivity contribution in [2.24, 2.45) is 0 Å². The van der Waals surface area contributed by atoms with Crippen LogP contribution in [0.1, 0.15) is 21.8 Å². The second-order valence-corrected chi connectivity index (χ2v) is 4.40. The molecule has 2 aromatic carbocycles. The van der Waals surface area contributed by atoms with E-state index in [1.54, 1.807) is 60.7 Å². The lowest BCUT2D eigenvalue weighted by atomic mass is 9.86. The predicted octanol–water partition coefficient (Wildman–Crippen LogP) is 2.10. The number of ketones is 1. The molecule has 102 valence electrons. The van der Waals surface area contributed by atoms with Gasteiger partial charge in [-0.25, -0.2) is 4.79 Å². The van der Waals surface area contributed by atoms with Crippen molar-refractivity contribution in [3.8, 4) is 0 Å². The van der Waals surface area contributed by atoms with Crippen LogP contribution in [0, 0.1) is 0 Å². The van der Waals surface area contributed by atoms with Gasteiger partial charge in [0.25, 0.3) is 0 Å². The first kappa shape index (κ1) is 14.0. The first-order valence-electron chi connectivity index (χ1n) is 6.16. The van der Waals surface area contributed by atoms with Crippen LogP contribution in [0.4, 0.5) is 0 Å². The van der Waals surface area contributed by atoms with Gasteiger partial charge in [0.15, 0.2) is 11.9 Å². The fourth-order valence-electron chi connectivity index (χ4n) is 2.06. The molecular weight excluding hydrogens is 256 g/mol. The number of Topliss-reactive ketones (excluding diaryl/α,β-unsaturated/α-hetero) is 1. The second kappa shape index (κ2) is 6.12. The number of carboxylic acids is 1. The Balaban J connectivity index is 2.42. The Hall–Kier alpha value is -2.46. The number of aliphatic hydroxyl groups is 1. The van der Waals surface area contributed by atoms with E-state index >= 15 is 0 Å². The third-order valence-corrected chi connectivity index (χ3v) is 3.07. The van der Waals surface area contributed by atoms with Gasteiger partial charge in [0.1, 0.15) is 0 Å². The van der Waals surface area contributed by atoms with E-state index in [-0.39, 0.29) is 0 Å². The minimum Gasteiger partial charge on any atom is -0.479 e. The zero-order valence-electron chi connectivity index (χ0n) is 10.6. The molecule has 4 heteroatoms. The van der Waals surface area contributed by atoms with Crippen molar-refractivity contribution in [3.05, 3.63) is 71.8 Å². The number of carboxylic acid groups (broad SMARTS) is 1. The van der Waals surface area contributed by atoms with E-state index < -0.39 is 23.8 Å². The lowest BCUT2D eigenvalue weighted by molar-refractivity contribution is -0.147. The van der Waals surface area contributed by atoms with Gasteiger partial charge in [0, 0.05) is 5.56 Å². The van der Waals surface area contributed by atoms with Gasteiger partial charge < -0.3 is 10.2 Å². The van der Waals surface area contributed by atoms with Gasteiger partial charge in [-0.3, -0.25) is 4.79 Å². The van der Waals surface area contributed by atoms with Crippen LogP contribution in [0.3, 0.4) is 0 Å². The third kappa shape index (κ3) is 2.92. The molecule has 2 N–H and O–H groups in total. The molecule has 20 heavy (non-hydrogen) atoms. The zero-order chi connectivity index (χ0) is 14.5. The van der Waals surface area contributed by atoms with Gasteiger partial charge in [-0.15, -0.1) is 0 Å². The first-order valence-corrected chi connectivity index (χ1v) is 6.16. The maximum absolute atomic E-state index is 12.5. The van der Waals surface area contributed by atoms with Crippen LogP contribution in [0.15, 0.2) is 60.7 Å². The molecule has 0 aliphatic rings. The molecule has 2 unspecified atom stereocenters. The van der Waals surface area contributed by atoms with Crippen molar-refractivity contribution < 1.29 is 19.8 Å². The Morgan fingerprint density at radius 3 is 1.85 bits per heavy atom. The summed E-state index contributed by atoms with van der Waals surface area (Å²) >= 11 is 0. The fourth-order valence-corrected chi connectivity index (χ4v) is 2.06. The summed E-state index contributed by atoms with van der Waals surface area (Å²) in [5, 5.41) is 18.9. The molecule has 2 aromatic rings. The fraction of sp³-hybridized carbons (Fsp3) is 0.125. The molecule has 0 saturated heterocycles. The van der Waals surface area contributed by atoms with Crippen LogP contribution in [0.5, 0.6) is 0 Å². The first-order chi connectivity index (χ1) is 9.61. The summed E-state index contributed by atoms with van der Waals surface area (Å²) in [5.74, 6) is -2.94. The average molecular weight is 270 g/mol. The summed E-state index contributed by atoms with van der Waals surface area (Å²) in [7, 11) is 0. The summed E-state index contributed by atoms with van der Waals surface area (Å²) in [6.07, 6.45) is -1.77. The van der Waals surface area contributed by atoms with E-state index in [2.05, 4.69) is 0 Å². The van der Waals surface area contributed by atoms with E-state index in [1.807, 2.05) is 0 Å². The number of hydrogen-bond donors (Lipinski definition) is 2. The average Bonchev–Trinajstić information content (AvgIpc) is 2.49. The molecule has 0 fully saturated rings. The molecule has 4 nitrogen and oxygen atoms in total. The Kier molecular flexibility index (Phi) is 4.27. The molecule has 0 aliphatic carbocycles. The molecule has 0 amide bonds. The normalized spacial score (nSPS) is 13.4. The molecule has 0 radical (unpaired) electrons. The predicted molar refractivity (Wildman–Crippen MR) is 73.6 cm³/mol. The van der Waals surface area contributed by atoms with Crippen LogP contribution in [0.2, 0.25) is 0 Å². The Morgan fingerprint density at radius 2 is 1.35 bits per heavy atom. The van der Waals surface area contributed by atoms with Crippen LogP contribution in [-0.4, -0.2) is 28.1 Å². The Labute approximate surface area is 116 Å². The number of hydrogen-bond acceptors (Lipinski definition) is 3. The Morgan fingerprint density at radius 1 is 0.850 bits per heavy atom. The molecule has 0 aromatic heterocycles. The summed E-state index contributed by atoms with van der Waals surface area (Å²) < 4.78 is 0. The Bertz CT molecular complexity index is 592. The van der Waals surface area contributed by atoms with Crippen LogP contribution < -0.4 is 0 Å². The number of aliphatic carboxylic acids is 1. The number of aliphatic hydroxyl groups excluding tert-OH is 1. The quantitative estimate of drug-likeness (QED) is 0.816. The summed E-state index contributed by atoms with van der Waals surface area (Å²) in [6.45, 7) is 0. The number of carbonyl (C=O) groups is 2. The minimum absolute atomic E-state index is 0.377. The van der Waals surface area contributed by atoms with Crippen LogP contribution in [0.25, 0.3) is 0 Å². The molecule has 0 heterocycles. The lowest BCUT2D eigenvalue weighted by Crippen LogP contribution is -2.33. The van der Waals surface area contributed by atoms with Crippen molar-refractivity contribution in [2.45, 2.75) is 12.0 Å². The van der Waals surface area contributed by atoms with E-state index in [1.165, 1.54) is 0 Å². The van der Waals surface area contributed by atoms with Crippen LogP contribution >= 0.6 is 0 Å². The van der Waals surface area contributed by atoms with E-state index in [0.717, 1.165) is 0 Å². The molecule has 0 bridgehead atoms. The van der Waals surface area contributed by atoms with Gasteiger partial charge in [0.2, 0.25) is 0 Å². The smallest absolute Gasteiger partial charge is 0.333 e. The van der Waals surface area contributed by atoms with Crippen molar-refractivity contribution >= 4 is 11.8 Å². The maximum Gasteiger partial charge on any atom is 0.333 e. The summed E-state index contributed by atoms with van der Waals surface area (Å²) in [4.78, 5) is 23.5. The van der Waals surface area contributed by atoms with Crippen molar-refractivity contribution in [1.82, 2.24) is 0 Å². The van der Waals surface area contributed by atoms with Crippen molar-refractivity contribution in [3.63, 3.8) is 0 Å². The van der Waals surface area contributed by atoms with Gasteiger partial charge in [-0.2, -0.15) is 0 Å². The summed E-state index contributed by atoms with van der Waals surface area (Å²) in [6, 6.07) is 16.8. The molecule has 0 saturated carbocycles. The number of benzene rings is 2. The van der Waals surface area contributed by atoms with E-state index in [0.29, 0.717) is 11.1 Å². The molecule has 2 atom stereocenters. The van der Waals surface area contributed by atoms with Gasteiger partial charge in [-0.05, 0) is 5.56 Å². The summed E-state index contributed by atoms with van der Waals surface area (Å²) in [5.41, 5.74) is 0.859. The van der Waals surface area contributed by atoms with Crippen molar-refractivity contribution in [1.29, 1.82) is 0 Å². The topological polar surface area (TPSA) is 74.6 Å². The largest absolute Gasteiger partial charge is 0.479 e. The highest BCUT2D eigenvalue weighted by Gasteiger charge is 2.33. The van der Waals surface area contributed by atoms with E-state index in [9.17, 15) is 14.7 Å². The molecule has 2 rings (SSSR count). The van der Waals surface area contributed by atoms with Crippen molar-refractivity contribution in [2.75, 3.05) is 0 Å². The van der Waals surface area contributed by atoms with E-state index in [4.69, 9.17) is 5.11 Å². The standard InChI is InChI=1S/C16H14O4/c17-14(12-9-5-2-6-10-12)13(15(18)16(19)20)11-7-3-1-4-8-11/h1-10,13,15,18H,(H,19,20). The van der Waals surface area contributed by atoms with Gasteiger partial charge in [-0.1, -0.05) is 60.7 Å². The SMILES string of the molecule is O=C(O)C(O)C(C(=O)c1ccccc1)c1ccccc1. The number of rotatable bonds is 5. The van der Waals surface area contributed by atoms with Gasteiger partial charge >= 0.3 is 5.97 Å². The van der Waals surface area contributed by atoms with Crippen LogP contribution in [-0.2, 0) is 4.79 Å². The highest BCUT2D eigenvalue weighted by Crippen LogP contribution is 2.25. The third-order valence-electron chi connectivity index (χ3n) is 3.07. The molecule has 0 spiro atoms. The lowest BCUT2D eigenvalue weighted by Gasteiger charge is -2.19. The molecule has 0 aliphatic heterocycles. The molecular formula is C16H14O4. The highest BCUT2D eigenvalue weighted by molar-refractivity contribution is 6.03. The van der Waals surface area contributed by atoms with Gasteiger partial charge in [0.05, 0.1) is 5.92 Å². The second-order valence-electron chi connectivity index (χ2n) is 4.40. The highest BCUT2D eigenvalue weighted by atomic mass is 16.4. The minimum atomic E-state index is -1.77. The zero-order valence-corrected chi connectivity index (χ0v) is 10.6. The monoisotopic (exact) mass is 270 g/mol. The maximum atomic E-state index is 12.5. The number of carbonyl (C=O) groups excluding carboxylic acids is 1.